The smallest absolute Gasteiger partial charge is 0.231 e. The number of hydrogen-bond donors (Lipinski definition) is 1. The van der Waals surface area contributed by atoms with Crippen molar-refractivity contribution in [1.29, 1.82) is 0 Å². The first-order chi connectivity index (χ1) is 6.61. The highest BCUT2D eigenvalue weighted by Crippen LogP contribution is 2.48. The first-order valence-electron chi connectivity index (χ1n) is 4.42. The zero-order chi connectivity index (χ0) is 10.3. The summed E-state index contributed by atoms with van der Waals surface area (Å²) in [5.74, 6) is 1.44. The molecule has 3 nitrogen and oxygen atoms in total. The van der Waals surface area contributed by atoms with Crippen LogP contribution in [0.4, 0.5) is 0 Å². The maximum Gasteiger partial charge on any atom is 0.231 e. The van der Waals surface area contributed by atoms with Gasteiger partial charge in [0.15, 0.2) is 11.5 Å². The summed E-state index contributed by atoms with van der Waals surface area (Å²) in [7, 11) is 0. The maximum atomic E-state index is 9.71. The van der Waals surface area contributed by atoms with Gasteiger partial charge in [0.05, 0.1) is 5.02 Å². The molecule has 0 saturated carbocycles. The molecule has 14 heavy (non-hydrogen) atoms. The Bertz CT molecular complexity index is 374. The Morgan fingerprint density at radius 2 is 2.00 bits per heavy atom. The molecule has 1 aliphatic heterocycles. The molecular weight excluding hydrogens is 204 g/mol. The van der Waals surface area contributed by atoms with E-state index in [2.05, 4.69) is 0 Å². The van der Waals surface area contributed by atoms with Crippen molar-refractivity contribution in [3.8, 4) is 17.2 Å². The van der Waals surface area contributed by atoms with Crippen LogP contribution in [0, 0.1) is 0 Å². The molecule has 0 radical (unpaired) electrons. The van der Waals surface area contributed by atoms with Crippen LogP contribution in [0.2, 0.25) is 5.02 Å². The normalized spacial score (nSPS) is 13.7. The van der Waals surface area contributed by atoms with Crippen LogP contribution in [-0.2, 0) is 0 Å². The average molecular weight is 215 g/mol. The highest BCUT2D eigenvalue weighted by atomic mass is 35.5. The Hall–Kier alpha value is -1.09. The lowest BCUT2D eigenvalue weighted by molar-refractivity contribution is 0.173. The summed E-state index contributed by atoms with van der Waals surface area (Å²) in [6.07, 6.45) is 0. The maximum absolute atomic E-state index is 9.71. The van der Waals surface area contributed by atoms with Crippen LogP contribution in [0.25, 0.3) is 0 Å². The number of phenols is 1. The van der Waals surface area contributed by atoms with Gasteiger partial charge in [-0.2, -0.15) is 0 Å². The van der Waals surface area contributed by atoms with Crippen LogP contribution in [0.1, 0.15) is 25.3 Å². The van der Waals surface area contributed by atoms with Gasteiger partial charge < -0.3 is 14.6 Å². The first kappa shape index (κ1) is 9.46. The van der Waals surface area contributed by atoms with Gasteiger partial charge in [0.2, 0.25) is 6.79 Å². The number of hydrogen-bond acceptors (Lipinski definition) is 3. The fourth-order valence-electron chi connectivity index (χ4n) is 1.59. The number of phenolic OH excluding ortho intramolecular Hbond substituents is 1. The van der Waals surface area contributed by atoms with E-state index in [0.717, 1.165) is 5.56 Å². The fraction of sp³-hybridized carbons (Fsp3) is 0.400. The van der Waals surface area contributed by atoms with Gasteiger partial charge in [-0.15, -0.1) is 0 Å². The van der Waals surface area contributed by atoms with Crippen molar-refractivity contribution in [2.45, 2.75) is 19.8 Å². The quantitative estimate of drug-likeness (QED) is 0.781. The van der Waals surface area contributed by atoms with Crippen molar-refractivity contribution in [2.24, 2.45) is 0 Å². The summed E-state index contributed by atoms with van der Waals surface area (Å²) in [4.78, 5) is 0. The van der Waals surface area contributed by atoms with E-state index >= 15 is 0 Å². The number of halogens is 1. The van der Waals surface area contributed by atoms with Crippen LogP contribution in [-0.4, -0.2) is 11.9 Å². The van der Waals surface area contributed by atoms with Crippen molar-refractivity contribution in [1.82, 2.24) is 0 Å². The number of ether oxygens (including phenoxy) is 2. The molecule has 1 aliphatic rings. The highest BCUT2D eigenvalue weighted by molar-refractivity contribution is 6.32. The van der Waals surface area contributed by atoms with E-state index in [9.17, 15) is 5.11 Å². The van der Waals surface area contributed by atoms with Gasteiger partial charge in [-0.3, -0.25) is 0 Å². The van der Waals surface area contributed by atoms with Crippen molar-refractivity contribution in [3.05, 3.63) is 16.7 Å². The summed E-state index contributed by atoms with van der Waals surface area (Å²) in [5.41, 5.74) is 0.752. The molecule has 0 saturated heterocycles. The van der Waals surface area contributed by atoms with Crippen molar-refractivity contribution in [3.63, 3.8) is 0 Å². The van der Waals surface area contributed by atoms with Crippen LogP contribution < -0.4 is 9.47 Å². The van der Waals surface area contributed by atoms with Gasteiger partial charge in [-0.25, -0.2) is 0 Å². The summed E-state index contributed by atoms with van der Waals surface area (Å²) in [5, 5.41) is 10.1. The first-order valence-corrected chi connectivity index (χ1v) is 4.80. The number of rotatable bonds is 1. The van der Waals surface area contributed by atoms with E-state index in [1.54, 1.807) is 0 Å². The molecule has 1 heterocycles. The standard InChI is InChI=1S/C10H11ClO3/c1-5(2)8-7(12)3-6(11)9-10(8)14-4-13-9/h3,5,12H,4H2,1-2H3. The van der Waals surface area contributed by atoms with Crippen LogP contribution in [0.15, 0.2) is 6.07 Å². The highest BCUT2D eigenvalue weighted by Gasteiger charge is 2.25. The Morgan fingerprint density at radius 3 is 2.64 bits per heavy atom. The minimum Gasteiger partial charge on any atom is -0.507 e. The molecule has 0 spiro atoms. The molecule has 0 unspecified atom stereocenters. The van der Waals surface area contributed by atoms with E-state index in [-0.39, 0.29) is 18.5 Å². The molecule has 0 aromatic heterocycles. The molecular formula is C10H11ClO3. The van der Waals surface area contributed by atoms with Gasteiger partial charge in [-0.1, -0.05) is 25.4 Å². The molecule has 0 amide bonds. The zero-order valence-corrected chi connectivity index (χ0v) is 8.76. The van der Waals surface area contributed by atoms with Crippen molar-refractivity contribution >= 4 is 11.6 Å². The molecule has 2 rings (SSSR count). The predicted molar refractivity (Wildman–Crippen MR) is 53.3 cm³/mol. The molecule has 1 aromatic carbocycles. The zero-order valence-electron chi connectivity index (χ0n) is 8.00. The lowest BCUT2D eigenvalue weighted by Gasteiger charge is -2.12. The molecule has 0 bridgehead atoms. The molecule has 1 N–H and O–H groups in total. The largest absolute Gasteiger partial charge is 0.507 e. The summed E-state index contributed by atoms with van der Waals surface area (Å²) in [6, 6.07) is 1.49. The second-order valence-electron chi connectivity index (χ2n) is 3.51. The summed E-state index contributed by atoms with van der Waals surface area (Å²) >= 11 is 5.89. The third-order valence-corrected chi connectivity index (χ3v) is 2.47. The lowest BCUT2D eigenvalue weighted by atomic mass is 10.0. The third kappa shape index (κ3) is 1.28. The van der Waals surface area contributed by atoms with Gasteiger partial charge in [0.25, 0.3) is 0 Å². The van der Waals surface area contributed by atoms with E-state index in [0.29, 0.717) is 16.5 Å². The minimum atomic E-state index is 0.161. The number of aromatic hydroxyl groups is 1. The van der Waals surface area contributed by atoms with Gasteiger partial charge in [-0.05, 0) is 5.92 Å². The molecule has 76 valence electrons. The van der Waals surface area contributed by atoms with Crippen LogP contribution >= 0.6 is 11.6 Å². The predicted octanol–water partition coefficient (Wildman–Crippen LogP) is 2.90. The number of benzene rings is 1. The Kier molecular flexibility index (Phi) is 2.19. The van der Waals surface area contributed by atoms with E-state index in [1.165, 1.54) is 6.07 Å². The number of fused-ring (bicyclic) bond motifs is 1. The van der Waals surface area contributed by atoms with Crippen molar-refractivity contribution in [2.75, 3.05) is 6.79 Å². The minimum absolute atomic E-state index is 0.161. The monoisotopic (exact) mass is 214 g/mol. The topological polar surface area (TPSA) is 38.7 Å². The van der Waals surface area contributed by atoms with Gasteiger partial charge >= 0.3 is 0 Å². The SMILES string of the molecule is CC(C)c1c(O)cc(Cl)c2c1OCO2. The Morgan fingerprint density at radius 1 is 1.36 bits per heavy atom. The summed E-state index contributed by atoms with van der Waals surface area (Å²) < 4.78 is 10.5. The average Bonchev–Trinajstić information content (AvgIpc) is 2.51. The Labute approximate surface area is 87.2 Å². The Balaban J connectivity index is 2.66. The van der Waals surface area contributed by atoms with E-state index in [4.69, 9.17) is 21.1 Å². The second kappa shape index (κ2) is 3.24. The van der Waals surface area contributed by atoms with E-state index in [1.807, 2.05) is 13.8 Å². The second-order valence-corrected chi connectivity index (χ2v) is 3.92. The van der Waals surface area contributed by atoms with Gasteiger partial charge in [0, 0.05) is 11.6 Å². The molecule has 0 fully saturated rings. The molecule has 4 heteroatoms. The fourth-order valence-corrected chi connectivity index (χ4v) is 1.84. The third-order valence-electron chi connectivity index (χ3n) is 2.19. The molecule has 1 aromatic rings. The lowest BCUT2D eigenvalue weighted by Crippen LogP contribution is -1.95. The van der Waals surface area contributed by atoms with Crippen molar-refractivity contribution < 1.29 is 14.6 Å². The van der Waals surface area contributed by atoms with Crippen LogP contribution in [0.3, 0.4) is 0 Å². The van der Waals surface area contributed by atoms with Crippen LogP contribution in [0.5, 0.6) is 17.2 Å². The summed E-state index contributed by atoms with van der Waals surface area (Å²) in [6.45, 7) is 4.12. The van der Waals surface area contributed by atoms with Gasteiger partial charge in [0.1, 0.15) is 5.75 Å². The van der Waals surface area contributed by atoms with E-state index < -0.39 is 0 Å². The molecule has 0 atom stereocenters. The molecule has 0 aliphatic carbocycles.